The third-order valence-electron chi connectivity index (χ3n) is 6.12. The molecule has 14 nitrogen and oxygen atoms in total. The average molecular weight is 600 g/mol. The molecular formula is C24H32F2N7O7P. The van der Waals surface area contributed by atoms with Crippen LogP contribution >= 0.6 is 7.75 Å². The van der Waals surface area contributed by atoms with Gasteiger partial charge in [-0.3, -0.25) is 13.9 Å². The van der Waals surface area contributed by atoms with Crippen molar-refractivity contribution < 1.29 is 41.8 Å². The molecule has 0 amide bonds. The molecule has 2 aromatic heterocycles. The first-order chi connectivity index (χ1) is 19.2. The fourth-order valence-electron chi connectivity index (χ4n) is 4.15. The van der Waals surface area contributed by atoms with E-state index in [1.807, 2.05) is 0 Å². The number of aromatic nitrogens is 4. The highest BCUT2D eigenvalue weighted by atomic mass is 31.2. The topological polar surface area (TPSA) is 185 Å². The number of carbonyl (C=O) groups is 1. The van der Waals surface area contributed by atoms with Crippen LogP contribution in [0.15, 0.2) is 36.7 Å². The van der Waals surface area contributed by atoms with Gasteiger partial charge in [0.25, 0.3) is 5.85 Å². The molecule has 4 rings (SSSR count). The van der Waals surface area contributed by atoms with Crippen LogP contribution in [0.3, 0.4) is 0 Å². The SMILES string of the molecule is CNc1nc(N)nc2c1ncn2[C@@H]1O[C@](F)(CO[P@](=O)(N[C@@H](C)C(=O)OC(C)C)Oc2ccccc2)[C@@H](O)[C@@]1(C)F. The maximum Gasteiger partial charge on any atom is 0.459 e. The first kappa shape index (κ1) is 30.5. The predicted molar refractivity (Wildman–Crippen MR) is 143 cm³/mol. The molecule has 0 bridgehead atoms. The molecule has 3 heterocycles. The highest BCUT2D eigenvalue weighted by molar-refractivity contribution is 7.52. The standard InChI is InChI=1S/C24H32F2N7O7P/c1-13(2)38-19(34)14(3)32-41(36,40-15-9-7-6-8-10-15)37-11-24(26)20(35)23(4,25)21(39-24)33-12-29-16-17(28-5)30-22(27)31-18(16)33/h6-10,12-14,20-21,35H,11H2,1-5H3,(H,32,36)(H3,27,28,30,31)/t14-,20-,21+,23+,24+,41+/m0/s1. The Balaban J connectivity index is 1.61. The normalized spacial score (nSPS) is 26.6. The van der Waals surface area contributed by atoms with Gasteiger partial charge in [-0.05, 0) is 39.8 Å². The van der Waals surface area contributed by atoms with Crippen molar-refractivity contribution in [3.05, 3.63) is 36.7 Å². The Kier molecular flexibility index (Phi) is 8.52. The number of imidazole rings is 1. The number of benzene rings is 1. The molecule has 0 radical (unpaired) electrons. The summed E-state index contributed by atoms with van der Waals surface area (Å²) in [5.74, 6) is -3.90. The van der Waals surface area contributed by atoms with Gasteiger partial charge in [-0.15, -0.1) is 0 Å². The van der Waals surface area contributed by atoms with E-state index in [0.717, 1.165) is 17.8 Å². The molecule has 1 aliphatic heterocycles. The van der Waals surface area contributed by atoms with Gasteiger partial charge in [-0.2, -0.15) is 15.1 Å². The zero-order valence-corrected chi connectivity index (χ0v) is 23.8. The maximum absolute atomic E-state index is 16.2. The zero-order valence-electron chi connectivity index (χ0n) is 22.9. The minimum absolute atomic E-state index is 0.00494. The maximum atomic E-state index is 16.2. The quantitative estimate of drug-likeness (QED) is 0.186. The number of carbonyl (C=O) groups excluding carboxylic acids is 1. The lowest BCUT2D eigenvalue weighted by Gasteiger charge is -2.28. The molecule has 1 saturated heterocycles. The summed E-state index contributed by atoms with van der Waals surface area (Å²) in [5.41, 5.74) is 3.18. The molecule has 41 heavy (non-hydrogen) atoms. The highest BCUT2D eigenvalue weighted by Gasteiger charge is 2.65. The van der Waals surface area contributed by atoms with Crippen molar-refractivity contribution in [1.29, 1.82) is 0 Å². The second-order valence-corrected chi connectivity index (χ2v) is 11.5. The summed E-state index contributed by atoms with van der Waals surface area (Å²) in [7, 11) is -3.00. The molecule has 1 aliphatic rings. The van der Waals surface area contributed by atoms with E-state index in [9.17, 15) is 14.5 Å². The van der Waals surface area contributed by atoms with Gasteiger partial charge in [0.15, 0.2) is 35.0 Å². The highest BCUT2D eigenvalue weighted by Crippen LogP contribution is 2.52. The van der Waals surface area contributed by atoms with Crippen molar-refractivity contribution >= 4 is 36.6 Å². The van der Waals surface area contributed by atoms with E-state index in [-0.39, 0.29) is 28.7 Å². The summed E-state index contributed by atoms with van der Waals surface area (Å²) < 4.78 is 68.2. The monoisotopic (exact) mass is 599 g/mol. The Morgan fingerprint density at radius 2 is 1.95 bits per heavy atom. The number of nitrogens with two attached hydrogens (primary N) is 1. The van der Waals surface area contributed by atoms with Gasteiger partial charge in [0.2, 0.25) is 5.95 Å². The van der Waals surface area contributed by atoms with Crippen molar-refractivity contribution in [3.63, 3.8) is 0 Å². The number of hydrogen-bond donors (Lipinski definition) is 4. The molecule has 224 valence electrons. The van der Waals surface area contributed by atoms with Gasteiger partial charge < -0.3 is 30.2 Å². The van der Waals surface area contributed by atoms with Crippen molar-refractivity contribution in [2.75, 3.05) is 24.7 Å². The molecule has 0 aliphatic carbocycles. The Morgan fingerprint density at radius 3 is 2.59 bits per heavy atom. The van der Waals surface area contributed by atoms with Crippen molar-refractivity contribution in [2.24, 2.45) is 0 Å². The van der Waals surface area contributed by atoms with Crippen LogP contribution in [0, 0.1) is 0 Å². The smallest absolute Gasteiger partial charge is 0.459 e. The van der Waals surface area contributed by atoms with Crippen molar-refractivity contribution in [2.45, 2.75) is 63.7 Å². The number of anilines is 2. The van der Waals surface area contributed by atoms with Gasteiger partial charge >= 0.3 is 13.7 Å². The first-order valence-corrected chi connectivity index (χ1v) is 14.1. The summed E-state index contributed by atoms with van der Waals surface area (Å²) in [6.45, 7) is 4.24. The van der Waals surface area contributed by atoms with Crippen molar-refractivity contribution in [3.8, 4) is 5.75 Å². The molecule has 0 unspecified atom stereocenters. The number of esters is 1. The number of ether oxygens (including phenoxy) is 2. The summed E-state index contributed by atoms with van der Waals surface area (Å²) >= 11 is 0. The Morgan fingerprint density at radius 1 is 1.27 bits per heavy atom. The summed E-state index contributed by atoms with van der Waals surface area (Å²) in [6, 6.07) is 6.52. The number of rotatable bonds is 11. The largest absolute Gasteiger partial charge is 0.462 e. The van der Waals surface area contributed by atoms with E-state index >= 15 is 8.78 Å². The summed E-state index contributed by atoms with van der Waals surface area (Å²) in [4.78, 5) is 24.5. The molecule has 17 heteroatoms. The number of halogens is 2. The number of hydrogen-bond acceptors (Lipinski definition) is 12. The molecule has 0 spiro atoms. The fraction of sp³-hybridized carbons (Fsp3) is 0.500. The number of para-hydroxylation sites is 1. The number of alkyl halides is 2. The summed E-state index contributed by atoms with van der Waals surface area (Å²) in [6.07, 6.45) is -3.58. The molecule has 1 fully saturated rings. The van der Waals surface area contributed by atoms with Gasteiger partial charge in [0.1, 0.15) is 18.4 Å². The Labute approximate surface area is 234 Å². The lowest BCUT2D eigenvalue weighted by molar-refractivity contribution is -0.202. The molecule has 6 atom stereocenters. The average Bonchev–Trinajstić information content (AvgIpc) is 3.39. The number of nitrogen functional groups attached to an aromatic ring is 1. The van der Waals surface area contributed by atoms with E-state index in [1.165, 1.54) is 19.1 Å². The van der Waals surface area contributed by atoms with E-state index in [2.05, 4.69) is 25.4 Å². The van der Waals surface area contributed by atoms with Gasteiger partial charge in [0.05, 0.1) is 12.4 Å². The predicted octanol–water partition coefficient (Wildman–Crippen LogP) is 2.87. The lowest BCUT2D eigenvalue weighted by atomic mass is 9.97. The second-order valence-electron chi connectivity index (χ2n) is 9.83. The van der Waals surface area contributed by atoms with Gasteiger partial charge in [-0.25, -0.2) is 18.3 Å². The summed E-state index contributed by atoms with van der Waals surface area (Å²) in [5, 5.41) is 15.9. The van der Waals surface area contributed by atoms with Crippen LogP contribution in [-0.2, 0) is 23.4 Å². The molecule has 1 aromatic carbocycles. The van der Waals surface area contributed by atoms with Gasteiger partial charge in [-0.1, -0.05) is 18.2 Å². The molecule has 0 saturated carbocycles. The number of nitrogens with one attached hydrogen (secondary N) is 2. The first-order valence-electron chi connectivity index (χ1n) is 12.6. The van der Waals surface area contributed by atoms with Crippen LogP contribution in [0.2, 0.25) is 0 Å². The number of aliphatic hydroxyl groups excluding tert-OH is 1. The zero-order chi connectivity index (χ0) is 30.2. The number of fused-ring (bicyclic) bond motifs is 1. The van der Waals surface area contributed by atoms with E-state index < -0.39 is 56.3 Å². The van der Waals surface area contributed by atoms with E-state index in [4.69, 9.17) is 24.3 Å². The van der Waals surface area contributed by atoms with E-state index in [0.29, 0.717) is 0 Å². The number of aliphatic hydroxyl groups is 1. The molecule has 5 N–H and O–H groups in total. The lowest BCUT2D eigenvalue weighted by Crippen LogP contribution is -2.47. The minimum Gasteiger partial charge on any atom is -0.462 e. The van der Waals surface area contributed by atoms with Crippen LogP contribution in [0.1, 0.15) is 33.9 Å². The Bertz CT molecular complexity index is 1440. The third-order valence-corrected chi connectivity index (χ3v) is 7.74. The number of nitrogens with zero attached hydrogens (tertiary/aromatic N) is 4. The Hall–Kier alpha value is -3.43. The van der Waals surface area contributed by atoms with Gasteiger partial charge in [0, 0.05) is 7.05 Å². The van der Waals surface area contributed by atoms with Crippen LogP contribution in [0.25, 0.3) is 11.2 Å². The van der Waals surface area contributed by atoms with Crippen molar-refractivity contribution in [1.82, 2.24) is 24.6 Å². The van der Waals surface area contributed by atoms with E-state index in [1.54, 1.807) is 39.1 Å². The molecular weight excluding hydrogens is 567 g/mol. The fourth-order valence-corrected chi connectivity index (χ4v) is 5.66. The second kappa shape index (κ2) is 11.4. The van der Waals surface area contributed by atoms with Crippen LogP contribution in [-0.4, -0.2) is 74.0 Å². The minimum atomic E-state index is -4.56. The van der Waals surface area contributed by atoms with Crippen LogP contribution in [0.4, 0.5) is 20.5 Å². The third kappa shape index (κ3) is 6.26. The van der Waals surface area contributed by atoms with Crippen LogP contribution in [0.5, 0.6) is 5.75 Å². The van der Waals surface area contributed by atoms with Crippen LogP contribution < -0.4 is 20.7 Å². The molecule has 3 aromatic rings.